The van der Waals surface area contributed by atoms with E-state index < -0.39 is 11.9 Å². The SMILES string of the molecule is COc1cc(-c2nc(NC(=O)c3cc4cc(C)cc(C)c4n3OC(C)=O)sc2CCC2CCCCC2)c(OC)cc1Cl. The van der Waals surface area contributed by atoms with E-state index in [2.05, 4.69) is 5.32 Å². The lowest BCUT2D eigenvalue weighted by molar-refractivity contribution is -0.141. The highest BCUT2D eigenvalue weighted by atomic mass is 35.5. The number of halogens is 1. The average molecular weight is 610 g/mol. The zero-order valence-electron chi connectivity index (χ0n) is 24.6. The normalized spacial score (nSPS) is 13.8. The molecule has 0 radical (unpaired) electrons. The van der Waals surface area contributed by atoms with Crippen LogP contribution in [0.1, 0.15) is 71.9 Å². The Balaban J connectivity index is 1.53. The molecule has 1 saturated carbocycles. The molecule has 0 spiro atoms. The fourth-order valence-corrected chi connectivity index (χ4v) is 7.11. The molecule has 10 heteroatoms. The topological polar surface area (TPSA) is 91.7 Å². The number of carbonyl (C=O) groups excluding carboxylic acids is 2. The van der Waals surface area contributed by atoms with E-state index in [9.17, 15) is 9.59 Å². The lowest BCUT2D eigenvalue weighted by Gasteiger charge is -2.21. The number of fused-ring (bicyclic) bond motifs is 1. The van der Waals surface area contributed by atoms with Gasteiger partial charge in [-0.3, -0.25) is 10.1 Å². The molecule has 2 aromatic heterocycles. The van der Waals surface area contributed by atoms with Gasteiger partial charge in [0.2, 0.25) is 0 Å². The summed E-state index contributed by atoms with van der Waals surface area (Å²) in [5.74, 6) is 0.820. The van der Waals surface area contributed by atoms with Gasteiger partial charge in [0, 0.05) is 28.8 Å². The summed E-state index contributed by atoms with van der Waals surface area (Å²) in [6.07, 6.45) is 8.23. The second kappa shape index (κ2) is 12.8. The van der Waals surface area contributed by atoms with Crippen molar-refractivity contribution in [2.24, 2.45) is 5.92 Å². The fourth-order valence-electron chi connectivity index (χ4n) is 5.89. The number of nitrogens with zero attached hydrogens (tertiary/aromatic N) is 2. The number of thiazole rings is 1. The van der Waals surface area contributed by atoms with Crippen molar-refractivity contribution in [1.29, 1.82) is 0 Å². The zero-order valence-corrected chi connectivity index (χ0v) is 26.2. The highest BCUT2D eigenvalue weighted by molar-refractivity contribution is 7.16. The Morgan fingerprint density at radius 1 is 1.05 bits per heavy atom. The summed E-state index contributed by atoms with van der Waals surface area (Å²) >= 11 is 7.84. The molecule has 42 heavy (non-hydrogen) atoms. The molecular weight excluding hydrogens is 574 g/mol. The van der Waals surface area contributed by atoms with Crippen LogP contribution in [-0.4, -0.2) is 35.8 Å². The van der Waals surface area contributed by atoms with Crippen LogP contribution < -0.4 is 19.6 Å². The molecule has 5 rings (SSSR count). The Hall–Kier alpha value is -3.56. The smallest absolute Gasteiger partial charge is 0.329 e. The molecule has 1 N–H and O–H groups in total. The van der Waals surface area contributed by atoms with Crippen molar-refractivity contribution in [3.8, 4) is 22.8 Å². The molecule has 2 heterocycles. The van der Waals surface area contributed by atoms with Crippen molar-refractivity contribution in [3.05, 3.63) is 57.1 Å². The van der Waals surface area contributed by atoms with Gasteiger partial charge in [0.05, 0.1) is 30.5 Å². The minimum Gasteiger partial charge on any atom is -0.496 e. The number of rotatable bonds is 9. The molecule has 4 aromatic rings. The van der Waals surface area contributed by atoms with Crippen molar-refractivity contribution in [2.75, 3.05) is 19.5 Å². The minimum atomic E-state index is -0.521. The molecule has 2 aromatic carbocycles. The predicted octanol–water partition coefficient (Wildman–Crippen LogP) is 7.79. The first kappa shape index (κ1) is 29.9. The number of hydrogen-bond donors (Lipinski definition) is 1. The van der Waals surface area contributed by atoms with Crippen molar-refractivity contribution in [1.82, 2.24) is 9.71 Å². The highest BCUT2D eigenvalue weighted by Gasteiger charge is 2.25. The number of amides is 1. The third-order valence-electron chi connectivity index (χ3n) is 7.79. The molecule has 0 unspecified atom stereocenters. The van der Waals surface area contributed by atoms with E-state index in [1.807, 2.05) is 32.0 Å². The lowest BCUT2D eigenvalue weighted by atomic mass is 9.86. The van der Waals surface area contributed by atoms with Crippen LogP contribution in [0.3, 0.4) is 0 Å². The maximum atomic E-state index is 13.7. The van der Waals surface area contributed by atoms with Crippen LogP contribution in [0.2, 0.25) is 5.02 Å². The van der Waals surface area contributed by atoms with Crippen molar-refractivity contribution in [3.63, 3.8) is 0 Å². The second-order valence-corrected chi connectivity index (χ2v) is 12.4. The second-order valence-electron chi connectivity index (χ2n) is 10.9. The lowest BCUT2D eigenvalue weighted by Crippen LogP contribution is -2.24. The van der Waals surface area contributed by atoms with Crippen LogP contribution in [0.5, 0.6) is 11.5 Å². The first-order chi connectivity index (χ1) is 20.2. The van der Waals surface area contributed by atoms with E-state index in [0.29, 0.717) is 33.1 Å². The summed E-state index contributed by atoms with van der Waals surface area (Å²) < 4.78 is 12.5. The Labute approximate surface area is 254 Å². The van der Waals surface area contributed by atoms with E-state index in [1.54, 1.807) is 26.4 Å². The summed E-state index contributed by atoms with van der Waals surface area (Å²) in [5.41, 5.74) is 4.30. The maximum Gasteiger partial charge on any atom is 0.329 e. The van der Waals surface area contributed by atoms with Crippen LogP contribution >= 0.6 is 22.9 Å². The van der Waals surface area contributed by atoms with Crippen molar-refractivity contribution >= 4 is 50.8 Å². The van der Waals surface area contributed by atoms with Crippen LogP contribution in [0, 0.1) is 19.8 Å². The standard InChI is InChI=1S/C32H36ClN3O5S/c1-18-13-19(2)30-22(14-18)15-25(36(30)41-20(3)37)31(38)35-32-34-29(23-16-27(40-5)24(33)17-26(23)39-4)28(42-32)12-11-21-9-7-6-8-10-21/h13-17,21H,6-12H2,1-5H3,(H,34,35,38). The van der Waals surface area contributed by atoms with Gasteiger partial charge in [-0.05, 0) is 56.4 Å². The van der Waals surface area contributed by atoms with Crippen LogP contribution in [0.4, 0.5) is 5.13 Å². The molecule has 0 saturated heterocycles. The number of hydrogen-bond acceptors (Lipinski definition) is 7. The van der Waals surface area contributed by atoms with Gasteiger partial charge in [-0.15, -0.1) is 11.3 Å². The summed E-state index contributed by atoms with van der Waals surface area (Å²) in [5, 5.41) is 4.66. The summed E-state index contributed by atoms with van der Waals surface area (Å²) in [6.45, 7) is 5.23. The van der Waals surface area contributed by atoms with Crippen molar-refractivity contribution < 1.29 is 23.9 Å². The van der Waals surface area contributed by atoms with Gasteiger partial charge in [-0.1, -0.05) is 55.3 Å². The van der Waals surface area contributed by atoms with Gasteiger partial charge in [-0.2, -0.15) is 4.73 Å². The van der Waals surface area contributed by atoms with Gasteiger partial charge in [0.1, 0.15) is 17.2 Å². The zero-order chi connectivity index (χ0) is 30.0. The molecule has 0 bridgehead atoms. The van der Waals surface area contributed by atoms with Gasteiger partial charge in [0.15, 0.2) is 5.13 Å². The van der Waals surface area contributed by atoms with Crippen LogP contribution in [0.15, 0.2) is 30.3 Å². The monoisotopic (exact) mass is 609 g/mol. The number of methoxy groups -OCH3 is 2. The number of aryl methyl sites for hydroxylation is 3. The molecular formula is C32H36ClN3O5S. The van der Waals surface area contributed by atoms with E-state index in [0.717, 1.165) is 45.5 Å². The van der Waals surface area contributed by atoms with Crippen molar-refractivity contribution in [2.45, 2.75) is 65.7 Å². The summed E-state index contributed by atoms with van der Waals surface area (Å²) in [4.78, 5) is 37.1. The minimum absolute atomic E-state index is 0.208. The molecule has 1 amide bonds. The van der Waals surface area contributed by atoms with Gasteiger partial charge in [0.25, 0.3) is 5.91 Å². The molecule has 222 valence electrons. The number of aromatic nitrogens is 2. The Morgan fingerprint density at radius 3 is 2.48 bits per heavy atom. The van der Waals surface area contributed by atoms with Gasteiger partial charge < -0.3 is 14.3 Å². The Kier molecular flexibility index (Phi) is 9.08. The van der Waals surface area contributed by atoms with E-state index in [-0.39, 0.29) is 5.69 Å². The van der Waals surface area contributed by atoms with Gasteiger partial charge >= 0.3 is 5.97 Å². The largest absolute Gasteiger partial charge is 0.496 e. The third kappa shape index (κ3) is 6.27. The molecule has 1 aliphatic rings. The Bertz CT molecular complexity index is 1640. The predicted molar refractivity (Wildman–Crippen MR) is 167 cm³/mol. The Morgan fingerprint density at radius 2 is 1.79 bits per heavy atom. The molecule has 1 aliphatic carbocycles. The van der Waals surface area contributed by atoms with Crippen LogP contribution in [0.25, 0.3) is 22.2 Å². The average Bonchev–Trinajstić information content (AvgIpc) is 3.52. The van der Waals surface area contributed by atoms with Crippen LogP contribution in [-0.2, 0) is 11.2 Å². The third-order valence-corrected chi connectivity index (χ3v) is 9.12. The first-order valence-electron chi connectivity index (χ1n) is 14.2. The number of benzene rings is 2. The summed E-state index contributed by atoms with van der Waals surface area (Å²) in [6, 6.07) is 9.24. The first-order valence-corrected chi connectivity index (χ1v) is 15.4. The quantitative estimate of drug-likeness (QED) is 0.208. The number of nitrogens with one attached hydrogen (secondary N) is 1. The number of ether oxygens (including phenoxy) is 2. The van der Waals surface area contributed by atoms with E-state index >= 15 is 0 Å². The molecule has 0 atom stereocenters. The highest BCUT2D eigenvalue weighted by Crippen LogP contribution is 2.43. The van der Waals surface area contributed by atoms with Gasteiger partial charge in [-0.25, -0.2) is 9.78 Å². The number of carbonyl (C=O) groups is 2. The molecule has 0 aliphatic heterocycles. The maximum absolute atomic E-state index is 13.7. The summed E-state index contributed by atoms with van der Waals surface area (Å²) in [7, 11) is 3.16. The van der Waals surface area contributed by atoms with E-state index in [4.69, 9.17) is 30.9 Å². The molecule has 1 fully saturated rings. The number of anilines is 1. The molecule has 8 nitrogen and oxygen atoms in total. The fraction of sp³-hybridized carbons (Fsp3) is 0.406. The van der Waals surface area contributed by atoms with E-state index in [1.165, 1.54) is 55.1 Å².